The third kappa shape index (κ3) is 3.95. The van der Waals surface area contributed by atoms with E-state index in [1.165, 1.54) is 18.3 Å². The lowest BCUT2D eigenvalue weighted by Gasteiger charge is -2.04. The van der Waals surface area contributed by atoms with Crippen LogP contribution in [0, 0.1) is 0 Å². The highest BCUT2D eigenvalue weighted by molar-refractivity contribution is 7.14. The van der Waals surface area contributed by atoms with Gasteiger partial charge in [-0.15, -0.1) is 11.3 Å². The molecule has 2 amide bonds. The SMILES string of the molecule is CC(=O)Nc1nc(C(=O)NC[C@@H](C)O)cs1. The molecule has 0 aliphatic carbocycles. The van der Waals surface area contributed by atoms with Crippen LogP contribution < -0.4 is 10.6 Å². The number of hydrogen-bond acceptors (Lipinski definition) is 5. The van der Waals surface area contributed by atoms with Crippen LogP contribution in [0.1, 0.15) is 24.3 Å². The maximum atomic E-state index is 11.5. The predicted octanol–water partition coefficient (Wildman–Crippen LogP) is 0.212. The van der Waals surface area contributed by atoms with Gasteiger partial charge >= 0.3 is 0 Å². The fraction of sp³-hybridized carbons (Fsp3) is 0.444. The van der Waals surface area contributed by atoms with Crippen molar-refractivity contribution in [2.24, 2.45) is 0 Å². The number of anilines is 1. The van der Waals surface area contributed by atoms with E-state index in [1.807, 2.05) is 0 Å². The Morgan fingerprint density at radius 1 is 1.62 bits per heavy atom. The highest BCUT2D eigenvalue weighted by Crippen LogP contribution is 2.14. The van der Waals surface area contributed by atoms with Crippen molar-refractivity contribution >= 4 is 28.3 Å². The third-order valence-corrected chi connectivity index (χ3v) is 2.34. The number of hydrogen-bond donors (Lipinski definition) is 3. The minimum Gasteiger partial charge on any atom is -0.392 e. The number of rotatable bonds is 4. The fourth-order valence-corrected chi connectivity index (χ4v) is 1.65. The largest absolute Gasteiger partial charge is 0.392 e. The molecular weight excluding hydrogens is 230 g/mol. The molecule has 0 spiro atoms. The molecule has 1 atom stereocenters. The lowest BCUT2D eigenvalue weighted by molar-refractivity contribution is -0.114. The minimum absolute atomic E-state index is 0.172. The van der Waals surface area contributed by atoms with Gasteiger partial charge in [0.05, 0.1) is 6.10 Å². The van der Waals surface area contributed by atoms with E-state index in [4.69, 9.17) is 5.11 Å². The summed E-state index contributed by atoms with van der Waals surface area (Å²) in [6, 6.07) is 0. The quantitative estimate of drug-likeness (QED) is 0.705. The molecule has 0 bridgehead atoms. The van der Waals surface area contributed by atoms with Crippen molar-refractivity contribution in [1.82, 2.24) is 10.3 Å². The Balaban J connectivity index is 2.56. The van der Waals surface area contributed by atoms with Crippen LogP contribution in [0.4, 0.5) is 5.13 Å². The highest BCUT2D eigenvalue weighted by atomic mass is 32.1. The number of nitrogens with zero attached hydrogens (tertiary/aromatic N) is 1. The molecule has 1 aromatic heterocycles. The minimum atomic E-state index is -0.600. The molecule has 0 saturated carbocycles. The van der Waals surface area contributed by atoms with Crippen LogP contribution in [0.25, 0.3) is 0 Å². The Morgan fingerprint density at radius 3 is 2.88 bits per heavy atom. The maximum absolute atomic E-state index is 11.5. The van der Waals surface area contributed by atoms with Crippen LogP contribution >= 0.6 is 11.3 Å². The summed E-state index contributed by atoms with van der Waals surface area (Å²) in [6.07, 6.45) is -0.600. The summed E-state index contributed by atoms with van der Waals surface area (Å²) >= 11 is 1.17. The summed E-state index contributed by atoms with van der Waals surface area (Å²) in [6.45, 7) is 3.12. The first kappa shape index (κ1) is 12.6. The highest BCUT2D eigenvalue weighted by Gasteiger charge is 2.11. The number of nitrogens with one attached hydrogen (secondary N) is 2. The molecule has 0 aromatic carbocycles. The van der Waals surface area contributed by atoms with Crippen molar-refractivity contribution in [2.75, 3.05) is 11.9 Å². The van der Waals surface area contributed by atoms with Gasteiger partial charge in [0.2, 0.25) is 5.91 Å². The number of aliphatic hydroxyl groups is 1. The summed E-state index contributed by atoms with van der Waals surface area (Å²) in [7, 11) is 0. The summed E-state index contributed by atoms with van der Waals surface area (Å²) in [5.41, 5.74) is 0.231. The molecule has 0 aliphatic heterocycles. The molecule has 0 saturated heterocycles. The molecule has 1 heterocycles. The van der Waals surface area contributed by atoms with Crippen molar-refractivity contribution in [2.45, 2.75) is 20.0 Å². The van der Waals surface area contributed by atoms with Gasteiger partial charge < -0.3 is 15.7 Å². The van der Waals surface area contributed by atoms with Crippen LogP contribution in [-0.4, -0.2) is 34.6 Å². The van der Waals surface area contributed by atoms with E-state index in [9.17, 15) is 9.59 Å². The average molecular weight is 243 g/mol. The van der Waals surface area contributed by atoms with Gasteiger partial charge in [-0.25, -0.2) is 4.98 Å². The monoisotopic (exact) mass is 243 g/mol. The summed E-state index contributed by atoms with van der Waals surface area (Å²) in [5, 5.41) is 15.9. The molecular formula is C9H13N3O3S. The molecule has 7 heteroatoms. The third-order valence-electron chi connectivity index (χ3n) is 1.58. The zero-order chi connectivity index (χ0) is 12.1. The number of aromatic nitrogens is 1. The molecule has 16 heavy (non-hydrogen) atoms. The Labute approximate surface area is 96.7 Å². The Hall–Kier alpha value is -1.47. The first-order valence-corrected chi connectivity index (χ1v) is 5.56. The molecule has 1 rings (SSSR count). The maximum Gasteiger partial charge on any atom is 0.270 e. The van der Waals surface area contributed by atoms with Gasteiger partial charge in [-0.05, 0) is 6.92 Å². The normalized spacial score (nSPS) is 11.9. The van der Waals surface area contributed by atoms with Gasteiger partial charge in [-0.1, -0.05) is 0 Å². The van der Waals surface area contributed by atoms with Gasteiger partial charge in [0.25, 0.3) is 5.91 Å². The first-order valence-electron chi connectivity index (χ1n) is 4.68. The van der Waals surface area contributed by atoms with Crippen molar-refractivity contribution in [3.05, 3.63) is 11.1 Å². The van der Waals surface area contributed by atoms with Crippen LogP contribution in [0.15, 0.2) is 5.38 Å². The van der Waals surface area contributed by atoms with Gasteiger partial charge in [0, 0.05) is 18.8 Å². The Kier molecular flexibility index (Phi) is 4.39. The van der Waals surface area contributed by atoms with Crippen LogP contribution in [0.5, 0.6) is 0 Å². The lowest BCUT2D eigenvalue weighted by atomic mass is 10.4. The van der Waals surface area contributed by atoms with Gasteiger partial charge in [0.1, 0.15) is 5.69 Å². The summed E-state index contributed by atoms with van der Waals surface area (Å²) in [4.78, 5) is 26.1. The van der Waals surface area contributed by atoms with Crippen molar-refractivity contribution in [3.63, 3.8) is 0 Å². The smallest absolute Gasteiger partial charge is 0.270 e. The molecule has 6 nitrogen and oxygen atoms in total. The number of carbonyl (C=O) groups is 2. The molecule has 0 unspecified atom stereocenters. The zero-order valence-corrected chi connectivity index (χ0v) is 9.80. The van der Waals surface area contributed by atoms with Gasteiger partial charge in [-0.2, -0.15) is 0 Å². The van der Waals surface area contributed by atoms with E-state index in [-0.39, 0.29) is 24.1 Å². The molecule has 88 valence electrons. The topological polar surface area (TPSA) is 91.3 Å². The van der Waals surface area contributed by atoms with Crippen molar-refractivity contribution in [3.8, 4) is 0 Å². The molecule has 0 radical (unpaired) electrons. The van der Waals surface area contributed by atoms with Gasteiger partial charge in [0.15, 0.2) is 5.13 Å². The van der Waals surface area contributed by atoms with E-state index >= 15 is 0 Å². The summed E-state index contributed by atoms with van der Waals surface area (Å²) < 4.78 is 0. The Morgan fingerprint density at radius 2 is 2.31 bits per heavy atom. The van der Waals surface area contributed by atoms with Crippen LogP contribution in [0.3, 0.4) is 0 Å². The molecule has 0 aliphatic rings. The number of aliphatic hydroxyl groups excluding tert-OH is 1. The lowest BCUT2D eigenvalue weighted by Crippen LogP contribution is -2.30. The predicted molar refractivity (Wildman–Crippen MR) is 60.4 cm³/mol. The van der Waals surface area contributed by atoms with Crippen molar-refractivity contribution < 1.29 is 14.7 Å². The van der Waals surface area contributed by atoms with Crippen LogP contribution in [0.2, 0.25) is 0 Å². The van der Waals surface area contributed by atoms with Gasteiger partial charge in [-0.3, -0.25) is 9.59 Å². The second kappa shape index (κ2) is 5.57. The second-order valence-electron chi connectivity index (χ2n) is 3.28. The van der Waals surface area contributed by atoms with E-state index in [0.29, 0.717) is 5.13 Å². The standard InChI is InChI=1S/C9H13N3O3S/c1-5(13)3-10-8(15)7-4-16-9(12-7)11-6(2)14/h4-5,13H,3H2,1-2H3,(H,10,15)(H,11,12,14)/t5-/m1/s1. The van der Waals surface area contributed by atoms with E-state index in [0.717, 1.165) is 0 Å². The first-order chi connectivity index (χ1) is 7.49. The Bertz CT molecular complexity index is 389. The van der Waals surface area contributed by atoms with E-state index in [1.54, 1.807) is 12.3 Å². The number of amides is 2. The molecule has 3 N–H and O–H groups in total. The number of thiazole rings is 1. The number of carbonyl (C=O) groups excluding carboxylic acids is 2. The second-order valence-corrected chi connectivity index (χ2v) is 4.14. The fourth-order valence-electron chi connectivity index (χ4n) is 0.917. The summed E-state index contributed by atoms with van der Waals surface area (Å²) in [5.74, 6) is -0.598. The van der Waals surface area contributed by atoms with Crippen molar-refractivity contribution in [1.29, 1.82) is 0 Å². The van der Waals surface area contributed by atoms with E-state index < -0.39 is 6.10 Å². The van der Waals surface area contributed by atoms with E-state index in [2.05, 4.69) is 15.6 Å². The molecule has 1 aromatic rings. The zero-order valence-electron chi connectivity index (χ0n) is 8.98. The van der Waals surface area contributed by atoms with Crippen LogP contribution in [-0.2, 0) is 4.79 Å². The average Bonchev–Trinajstić information content (AvgIpc) is 2.61. The molecule has 0 fully saturated rings.